The van der Waals surface area contributed by atoms with Gasteiger partial charge in [-0.05, 0) is 12.1 Å². The predicted molar refractivity (Wildman–Crippen MR) is 71.3 cm³/mol. The third-order valence-electron chi connectivity index (χ3n) is 2.66. The number of rotatable bonds is 2. The minimum Gasteiger partial charge on any atom is -0.358 e. The van der Waals surface area contributed by atoms with E-state index in [2.05, 4.69) is 15.3 Å². The lowest BCUT2D eigenvalue weighted by atomic mass is 10.2. The van der Waals surface area contributed by atoms with E-state index in [1.165, 1.54) is 17.1 Å². The Morgan fingerprint density at radius 2 is 2.11 bits per heavy atom. The smallest absolute Gasteiger partial charge is 0.263 e. The van der Waals surface area contributed by atoms with Gasteiger partial charge < -0.3 is 4.98 Å². The molecule has 1 N–H and O–H groups in total. The molecule has 3 aromatic rings. The van der Waals surface area contributed by atoms with Gasteiger partial charge in [-0.2, -0.15) is 0 Å². The van der Waals surface area contributed by atoms with Gasteiger partial charge in [-0.1, -0.05) is 16.8 Å². The standard InChI is InChI=1S/C10H6Cl2N4O2S/c11-7-2-1-6-8(19(12,17)18)5-13-9(6)10(7)16-4-3-14-15-16/h1-5,13H. The molecule has 19 heavy (non-hydrogen) atoms. The maximum absolute atomic E-state index is 11.5. The van der Waals surface area contributed by atoms with Crippen LogP contribution in [0.5, 0.6) is 0 Å². The van der Waals surface area contributed by atoms with Crippen LogP contribution in [0.15, 0.2) is 35.6 Å². The number of aromatic nitrogens is 4. The van der Waals surface area contributed by atoms with E-state index in [-0.39, 0.29) is 4.90 Å². The van der Waals surface area contributed by atoms with Crippen molar-refractivity contribution in [3.05, 3.63) is 35.7 Å². The van der Waals surface area contributed by atoms with Crippen LogP contribution in [0, 0.1) is 0 Å². The lowest BCUT2D eigenvalue weighted by Crippen LogP contribution is -1.97. The molecule has 6 nitrogen and oxygen atoms in total. The molecule has 0 saturated heterocycles. The molecule has 0 aliphatic rings. The summed E-state index contributed by atoms with van der Waals surface area (Å²) in [5.74, 6) is 0. The van der Waals surface area contributed by atoms with Gasteiger partial charge in [0.25, 0.3) is 9.05 Å². The maximum atomic E-state index is 11.5. The molecule has 1 aromatic carbocycles. The quantitative estimate of drug-likeness (QED) is 0.736. The van der Waals surface area contributed by atoms with E-state index in [1.807, 2.05) is 0 Å². The summed E-state index contributed by atoms with van der Waals surface area (Å²) in [6.07, 6.45) is 4.43. The van der Waals surface area contributed by atoms with Crippen LogP contribution in [0.2, 0.25) is 5.02 Å². The van der Waals surface area contributed by atoms with Gasteiger partial charge in [0.1, 0.15) is 10.6 Å². The molecule has 0 fully saturated rings. The molecular weight excluding hydrogens is 311 g/mol. The minimum atomic E-state index is -3.83. The van der Waals surface area contributed by atoms with Crippen LogP contribution in [0.3, 0.4) is 0 Å². The number of aromatic amines is 1. The molecule has 2 heterocycles. The normalized spacial score (nSPS) is 12.1. The van der Waals surface area contributed by atoms with Crippen molar-refractivity contribution in [3.63, 3.8) is 0 Å². The van der Waals surface area contributed by atoms with Crippen molar-refractivity contribution in [2.45, 2.75) is 4.90 Å². The zero-order valence-corrected chi connectivity index (χ0v) is 11.5. The Hall–Kier alpha value is -1.57. The molecule has 0 bridgehead atoms. The average molecular weight is 317 g/mol. The highest BCUT2D eigenvalue weighted by atomic mass is 35.7. The number of hydrogen-bond donors (Lipinski definition) is 1. The summed E-state index contributed by atoms with van der Waals surface area (Å²) >= 11 is 6.13. The van der Waals surface area contributed by atoms with E-state index < -0.39 is 9.05 Å². The molecule has 0 unspecified atom stereocenters. The number of nitrogens with one attached hydrogen (secondary N) is 1. The Kier molecular flexibility index (Phi) is 2.77. The molecule has 0 radical (unpaired) electrons. The predicted octanol–water partition coefficient (Wildman–Crippen LogP) is 2.33. The highest BCUT2D eigenvalue weighted by Crippen LogP contribution is 2.33. The van der Waals surface area contributed by atoms with Crippen molar-refractivity contribution in [1.29, 1.82) is 0 Å². The second-order valence-corrected chi connectivity index (χ2v) is 6.70. The molecule has 0 atom stereocenters. The lowest BCUT2D eigenvalue weighted by molar-refractivity contribution is 0.610. The number of hydrogen-bond acceptors (Lipinski definition) is 4. The second kappa shape index (κ2) is 4.22. The summed E-state index contributed by atoms with van der Waals surface area (Å²) in [5.41, 5.74) is 1.04. The molecule has 0 aliphatic carbocycles. The van der Waals surface area contributed by atoms with Gasteiger partial charge in [-0.15, -0.1) is 5.10 Å². The molecular formula is C10H6Cl2N4O2S. The van der Waals surface area contributed by atoms with Gasteiger partial charge in [-0.25, -0.2) is 13.1 Å². The zero-order chi connectivity index (χ0) is 13.6. The first-order valence-electron chi connectivity index (χ1n) is 5.09. The van der Waals surface area contributed by atoms with Crippen molar-refractivity contribution in [2.75, 3.05) is 0 Å². The van der Waals surface area contributed by atoms with E-state index >= 15 is 0 Å². The summed E-state index contributed by atoms with van der Waals surface area (Å²) in [5, 5.41) is 8.41. The van der Waals surface area contributed by atoms with Crippen molar-refractivity contribution in [1.82, 2.24) is 20.0 Å². The fourth-order valence-electron chi connectivity index (χ4n) is 1.89. The van der Waals surface area contributed by atoms with Crippen LogP contribution in [-0.4, -0.2) is 28.4 Å². The fourth-order valence-corrected chi connectivity index (χ4v) is 3.15. The summed E-state index contributed by atoms with van der Waals surface area (Å²) in [4.78, 5) is 2.86. The summed E-state index contributed by atoms with van der Waals surface area (Å²) < 4.78 is 24.4. The Morgan fingerprint density at radius 3 is 2.74 bits per heavy atom. The lowest BCUT2D eigenvalue weighted by Gasteiger charge is -2.05. The van der Waals surface area contributed by atoms with E-state index in [0.717, 1.165) is 0 Å². The largest absolute Gasteiger partial charge is 0.358 e. The summed E-state index contributed by atoms with van der Waals surface area (Å²) in [7, 11) is 1.55. The molecule has 2 aromatic heterocycles. The molecule has 98 valence electrons. The molecule has 0 amide bonds. The van der Waals surface area contributed by atoms with Crippen LogP contribution in [0.4, 0.5) is 0 Å². The van der Waals surface area contributed by atoms with E-state index in [9.17, 15) is 8.42 Å². The average Bonchev–Trinajstić information content (AvgIpc) is 2.94. The van der Waals surface area contributed by atoms with Crippen LogP contribution < -0.4 is 0 Å². The Morgan fingerprint density at radius 1 is 1.32 bits per heavy atom. The molecule has 9 heteroatoms. The number of benzene rings is 1. The topological polar surface area (TPSA) is 80.6 Å². The SMILES string of the molecule is O=S(=O)(Cl)c1c[nH]c2c(-n3ccnn3)c(Cl)ccc12. The number of nitrogens with zero attached hydrogens (tertiary/aromatic N) is 3. The third-order valence-corrected chi connectivity index (χ3v) is 4.32. The van der Waals surface area contributed by atoms with Gasteiger partial charge in [0.05, 0.1) is 22.9 Å². The van der Waals surface area contributed by atoms with E-state index in [1.54, 1.807) is 18.3 Å². The summed E-state index contributed by atoms with van der Waals surface area (Å²) in [6, 6.07) is 3.17. The summed E-state index contributed by atoms with van der Waals surface area (Å²) in [6.45, 7) is 0. The molecule has 3 rings (SSSR count). The third kappa shape index (κ3) is 1.99. The van der Waals surface area contributed by atoms with Gasteiger partial charge in [-0.3, -0.25) is 0 Å². The maximum Gasteiger partial charge on any atom is 0.263 e. The highest BCUT2D eigenvalue weighted by molar-refractivity contribution is 8.14. The van der Waals surface area contributed by atoms with Crippen LogP contribution in [0.25, 0.3) is 16.6 Å². The first-order chi connectivity index (χ1) is 8.98. The number of fused-ring (bicyclic) bond motifs is 1. The Labute approximate surface area is 117 Å². The van der Waals surface area contributed by atoms with E-state index in [4.69, 9.17) is 22.3 Å². The van der Waals surface area contributed by atoms with Gasteiger partial charge >= 0.3 is 0 Å². The van der Waals surface area contributed by atoms with Crippen LogP contribution in [0.1, 0.15) is 0 Å². The van der Waals surface area contributed by atoms with E-state index in [0.29, 0.717) is 21.6 Å². The monoisotopic (exact) mass is 316 g/mol. The first-order valence-corrected chi connectivity index (χ1v) is 7.78. The van der Waals surface area contributed by atoms with Gasteiger partial charge in [0, 0.05) is 22.3 Å². The first kappa shape index (κ1) is 12.5. The Bertz CT molecular complexity index is 855. The number of H-pyrrole nitrogens is 1. The van der Waals surface area contributed by atoms with Gasteiger partial charge in [0.2, 0.25) is 0 Å². The van der Waals surface area contributed by atoms with Crippen LogP contribution >= 0.6 is 22.3 Å². The minimum absolute atomic E-state index is 0.00204. The van der Waals surface area contributed by atoms with Crippen molar-refractivity contribution in [2.24, 2.45) is 0 Å². The molecule has 0 spiro atoms. The highest BCUT2D eigenvalue weighted by Gasteiger charge is 2.19. The van der Waals surface area contributed by atoms with Crippen molar-refractivity contribution in [3.8, 4) is 5.69 Å². The van der Waals surface area contributed by atoms with Crippen molar-refractivity contribution < 1.29 is 8.42 Å². The van der Waals surface area contributed by atoms with Crippen LogP contribution in [-0.2, 0) is 9.05 Å². The number of halogens is 2. The van der Waals surface area contributed by atoms with Gasteiger partial charge in [0.15, 0.2) is 0 Å². The molecule has 0 saturated carbocycles. The van der Waals surface area contributed by atoms with Crippen molar-refractivity contribution >= 4 is 42.2 Å². The second-order valence-electron chi connectivity index (χ2n) is 3.76. The zero-order valence-electron chi connectivity index (χ0n) is 9.21. The fraction of sp³-hybridized carbons (Fsp3) is 0. The molecule has 0 aliphatic heterocycles. The Balaban J connectivity index is 2.41.